The number of rotatable bonds is 3. The third-order valence-corrected chi connectivity index (χ3v) is 5.28. The number of benzene rings is 1. The van der Waals surface area contributed by atoms with Crippen LogP contribution in [-0.2, 0) is 0 Å². The van der Waals surface area contributed by atoms with Gasteiger partial charge in [-0.3, -0.25) is 0 Å². The summed E-state index contributed by atoms with van der Waals surface area (Å²) in [5.74, 6) is 1.33. The van der Waals surface area contributed by atoms with Gasteiger partial charge in [-0.2, -0.15) is 0 Å². The lowest BCUT2D eigenvalue weighted by molar-refractivity contribution is 0.130. The van der Waals surface area contributed by atoms with Crippen LogP contribution in [0, 0.1) is 10.8 Å². The third kappa shape index (κ3) is 3.30. The Morgan fingerprint density at radius 3 is 2.33 bits per heavy atom. The Labute approximate surface area is 144 Å². The number of hydrogen-bond donors (Lipinski definition) is 1. The smallest absolute Gasteiger partial charge is 0.322 e. The molecule has 1 aromatic rings. The molecule has 2 atom stereocenters. The van der Waals surface area contributed by atoms with Gasteiger partial charge in [-0.25, -0.2) is 4.79 Å². The molecule has 0 radical (unpaired) electrons. The Morgan fingerprint density at radius 1 is 1.12 bits per heavy atom. The number of fused-ring (bicyclic) bond motifs is 2. The highest BCUT2D eigenvalue weighted by atomic mass is 16.5. The van der Waals surface area contributed by atoms with Gasteiger partial charge >= 0.3 is 6.03 Å². The van der Waals surface area contributed by atoms with Gasteiger partial charge in [-0.15, -0.1) is 0 Å². The minimum atomic E-state index is -0.0308. The maximum atomic E-state index is 12.8. The molecule has 132 valence electrons. The van der Waals surface area contributed by atoms with Crippen LogP contribution in [0.25, 0.3) is 0 Å². The van der Waals surface area contributed by atoms with Crippen molar-refractivity contribution in [3.05, 3.63) is 18.2 Å². The highest BCUT2D eigenvalue weighted by molar-refractivity contribution is 5.90. The van der Waals surface area contributed by atoms with Crippen molar-refractivity contribution in [2.24, 2.45) is 10.8 Å². The van der Waals surface area contributed by atoms with Crippen LogP contribution in [0.1, 0.15) is 40.0 Å². The van der Waals surface area contributed by atoms with E-state index in [4.69, 9.17) is 9.47 Å². The van der Waals surface area contributed by atoms with Gasteiger partial charge in [0.25, 0.3) is 0 Å². The zero-order valence-corrected chi connectivity index (χ0v) is 15.3. The van der Waals surface area contributed by atoms with Crippen LogP contribution < -0.4 is 14.8 Å². The molecule has 1 saturated heterocycles. The number of ether oxygens (including phenoxy) is 2. The molecule has 2 bridgehead atoms. The molecule has 24 heavy (non-hydrogen) atoms. The van der Waals surface area contributed by atoms with E-state index in [1.165, 1.54) is 6.42 Å². The van der Waals surface area contributed by atoms with Crippen LogP contribution in [0.4, 0.5) is 10.5 Å². The zero-order valence-electron chi connectivity index (χ0n) is 15.3. The number of methoxy groups -OCH3 is 2. The summed E-state index contributed by atoms with van der Waals surface area (Å²) >= 11 is 0. The number of nitrogens with zero attached hydrogens (tertiary/aromatic N) is 1. The molecule has 1 saturated carbocycles. The van der Waals surface area contributed by atoms with Crippen LogP contribution >= 0.6 is 0 Å². The van der Waals surface area contributed by atoms with E-state index in [9.17, 15) is 4.79 Å². The van der Waals surface area contributed by atoms with E-state index in [2.05, 4.69) is 26.1 Å². The number of amides is 2. The lowest BCUT2D eigenvalue weighted by Gasteiger charge is -2.39. The number of anilines is 1. The second-order valence-corrected chi connectivity index (χ2v) is 8.37. The van der Waals surface area contributed by atoms with Crippen molar-refractivity contribution in [1.82, 2.24) is 4.90 Å². The van der Waals surface area contributed by atoms with Crippen LogP contribution in [-0.4, -0.2) is 37.7 Å². The van der Waals surface area contributed by atoms with E-state index in [0.717, 1.165) is 19.4 Å². The molecule has 0 aromatic heterocycles. The molecular weight excluding hydrogens is 304 g/mol. The molecule has 2 fully saturated rings. The third-order valence-electron chi connectivity index (χ3n) is 5.28. The standard InChI is InChI=1S/C19H28N2O3/c1-18(2)9-14-10-19(3,11-18)12-21(14)17(22)20-13-6-15(23-4)8-16(7-13)24-5/h6-8,14H,9-12H2,1-5H3,(H,20,22). The molecule has 2 aliphatic rings. The van der Waals surface area contributed by atoms with Crippen molar-refractivity contribution in [3.8, 4) is 11.5 Å². The summed E-state index contributed by atoms with van der Waals surface area (Å²) in [7, 11) is 3.21. The summed E-state index contributed by atoms with van der Waals surface area (Å²) in [5, 5.41) is 3.02. The second-order valence-electron chi connectivity index (χ2n) is 8.37. The average Bonchev–Trinajstić information content (AvgIpc) is 2.75. The van der Waals surface area contributed by atoms with Crippen molar-refractivity contribution >= 4 is 11.7 Å². The number of carbonyl (C=O) groups is 1. The fourth-order valence-corrected chi connectivity index (χ4v) is 4.77. The first-order valence-corrected chi connectivity index (χ1v) is 8.54. The van der Waals surface area contributed by atoms with E-state index in [0.29, 0.717) is 28.6 Å². The van der Waals surface area contributed by atoms with Crippen molar-refractivity contribution in [2.75, 3.05) is 26.1 Å². The number of likely N-dealkylation sites (tertiary alicyclic amines) is 1. The Kier molecular flexibility index (Phi) is 4.14. The van der Waals surface area contributed by atoms with Crippen molar-refractivity contribution < 1.29 is 14.3 Å². The topological polar surface area (TPSA) is 50.8 Å². The molecule has 1 N–H and O–H groups in total. The Bertz CT molecular complexity index is 621. The Morgan fingerprint density at radius 2 is 1.75 bits per heavy atom. The fourth-order valence-electron chi connectivity index (χ4n) is 4.77. The van der Waals surface area contributed by atoms with Gasteiger partial charge in [-0.1, -0.05) is 20.8 Å². The van der Waals surface area contributed by atoms with Crippen LogP contribution in [0.5, 0.6) is 11.5 Å². The van der Waals surface area contributed by atoms with E-state index < -0.39 is 0 Å². The van der Waals surface area contributed by atoms with Crippen molar-refractivity contribution in [2.45, 2.75) is 46.1 Å². The van der Waals surface area contributed by atoms with Crippen LogP contribution in [0.3, 0.4) is 0 Å². The van der Waals surface area contributed by atoms with Crippen molar-refractivity contribution in [1.29, 1.82) is 0 Å². The van der Waals surface area contributed by atoms with Gasteiger partial charge in [0.15, 0.2) is 0 Å². The second kappa shape index (κ2) is 5.87. The van der Waals surface area contributed by atoms with Gasteiger partial charge in [-0.05, 0) is 30.1 Å². The summed E-state index contributed by atoms with van der Waals surface area (Å²) in [6, 6.07) is 5.72. The predicted octanol–water partition coefficient (Wildman–Crippen LogP) is 4.14. The molecule has 5 heteroatoms. The molecule has 1 heterocycles. The van der Waals surface area contributed by atoms with Gasteiger partial charge in [0.1, 0.15) is 11.5 Å². The Hall–Kier alpha value is -1.91. The summed E-state index contributed by atoms with van der Waals surface area (Å²) in [6.07, 6.45) is 3.34. The molecule has 2 unspecified atom stereocenters. The van der Waals surface area contributed by atoms with Gasteiger partial charge in [0.2, 0.25) is 0 Å². The molecule has 2 amide bonds. The van der Waals surface area contributed by atoms with Crippen molar-refractivity contribution in [3.63, 3.8) is 0 Å². The average molecular weight is 332 g/mol. The van der Waals surface area contributed by atoms with Gasteiger partial charge < -0.3 is 19.7 Å². The minimum absolute atomic E-state index is 0.0308. The zero-order chi connectivity index (χ0) is 17.5. The predicted molar refractivity (Wildman–Crippen MR) is 94.8 cm³/mol. The molecular formula is C19H28N2O3. The Balaban J connectivity index is 1.76. The fraction of sp³-hybridized carbons (Fsp3) is 0.632. The molecule has 5 nitrogen and oxygen atoms in total. The van der Waals surface area contributed by atoms with Crippen LogP contribution in [0.2, 0.25) is 0 Å². The molecule has 1 aliphatic carbocycles. The normalized spacial score (nSPS) is 27.7. The summed E-state index contributed by atoms with van der Waals surface area (Å²) in [6.45, 7) is 7.76. The first kappa shape index (κ1) is 16.9. The number of nitrogens with one attached hydrogen (secondary N) is 1. The van der Waals surface area contributed by atoms with Gasteiger partial charge in [0, 0.05) is 36.5 Å². The van der Waals surface area contributed by atoms with E-state index >= 15 is 0 Å². The highest BCUT2D eigenvalue weighted by Gasteiger charge is 2.51. The molecule has 0 spiro atoms. The quantitative estimate of drug-likeness (QED) is 0.905. The van der Waals surface area contributed by atoms with E-state index in [1.54, 1.807) is 20.3 Å². The molecule has 1 aliphatic heterocycles. The number of hydrogen-bond acceptors (Lipinski definition) is 3. The van der Waals surface area contributed by atoms with E-state index in [1.807, 2.05) is 17.0 Å². The maximum absolute atomic E-state index is 12.8. The SMILES string of the molecule is COc1cc(NC(=O)N2CC3(C)CC2CC(C)(C)C3)cc(OC)c1. The first-order valence-electron chi connectivity index (χ1n) is 8.54. The summed E-state index contributed by atoms with van der Waals surface area (Å²) in [5.41, 5.74) is 1.23. The monoisotopic (exact) mass is 332 g/mol. The molecule has 3 rings (SSSR count). The van der Waals surface area contributed by atoms with Crippen LogP contribution in [0.15, 0.2) is 18.2 Å². The lowest BCUT2D eigenvalue weighted by Crippen LogP contribution is -2.40. The van der Waals surface area contributed by atoms with Gasteiger partial charge in [0.05, 0.1) is 14.2 Å². The first-order chi connectivity index (χ1) is 11.2. The summed E-state index contributed by atoms with van der Waals surface area (Å²) in [4.78, 5) is 14.9. The maximum Gasteiger partial charge on any atom is 0.322 e. The molecule has 1 aromatic carbocycles. The highest BCUT2D eigenvalue weighted by Crippen LogP contribution is 2.52. The minimum Gasteiger partial charge on any atom is -0.497 e. The number of urea groups is 1. The summed E-state index contributed by atoms with van der Waals surface area (Å²) < 4.78 is 10.5. The van der Waals surface area contributed by atoms with E-state index in [-0.39, 0.29) is 11.4 Å². The lowest BCUT2D eigenvalue weighted by atomic mass is 9.65. The number of carbonyl (C=O) groups excluding carboxylic acids is 1. The largest absolute Gasteiger partial charge is 0.497 e.